The van der Waals surface area contributed by atoms with Gasteiger partial charge in [0.1, 0.15) is 12.4 Å². The molecule has 0 saturated heterocycles. The van der Waals surface area contributed by atoms with Crippen LogP contribution in [0.4, 0.5) is 0 Å². The standard InChI is InChI=1S/C7H6N2O6.Na/c10-6(11)7(9(14)15)3-1-2-5(4-7)8(12)13;/h1-3H,4H2,(H,10,11);/q;+1/p-1. The maximum absolute atomic E-state index is 10.6. The van der Waals surface area contributed by atoms with Crippen LogP contribution in [-0.2, 0) is 4.79 Å². The van der Waals surface area contributed by atoms with E-state index in [1.807, 2.05) is 0 Å². The van der Waals surface area contributed by atoms with Crippen molar-refractivity contribution >= 4 is 5.97 Å². The quantitative estimate of drug-likeness (QED) is 0.278. The van der Waals surface area contributed by atoms with Crippen molar-refractivity contribution in [2.75, 3.05) is 0 Å². The number of carboxylic acids is 1. The average Bonchev–Trinajstić information content (AvgIpc) is 2.17. The molecule has 0 fully saturated rings. The Morgan fingerprint density at radius 3 is 2.31 bits per heavy atom. The van der Waals surface area contributed by atoms with Crippen LogP contribution in [0.15, 0.2) is 23.9 Å². The predicted octanol–water partition coefficient (Wildman–Crippen LogP) is -4.12. The van der Waals surface area contributed by atoms with E-state index in [1.54, 1.807) is 0 Å². The van der Waals surface area contributed by atoms with Crippen LogP contribution in [0.25, 0.3) is 0 Å². The van der Waals surface area contributed by atoms with Crippen molar-refractivity contribution in [1.29, 1.82) is 0 Å². The molecule has 0 aromatic carbocycles. The van der Waals surface area contributed by atoms with Crippen molar-refractivity contribution in [3.8, 4) is 0 Å². The van der Waals surface area contributed by atoms with E-state index in [4.69, 9.17) is 0 Å². The third-order valence-corrected chi connectivity index (χ3v) is 2.02. The first kappa shape index (κ1) is 14.8. The molecule has 0 aromatic heterocycles. The Morgan fingerprint density at radius 2 is 1.94 bits per heavy atom. The van der Waals surface area contributed by atoms with Crippen LogP contribution in [0.1, 0.15) is 6.42 Å². The summed E-state index contributed by atoms with van der Waals surface area (Å²) < 4.78 is 0. The molecule has 0 N–H and O–H groups in total. The monoisotopic (exact) mass is 236 g/mol. The largest absolute Gasteiger partial charge is 1.00 e. The number of nitrogens with zero attached hydrogens (tertiary/aromatic N) is 2. The van der Waals surface area contributed by atoms with E-state index in [0.29, 0.717) is 0 Å². The van der Waals surface area contributed by atoms with Gasteiger partial charge in [0.25, 0.3) is 11.2 Å². The number of aliphatic carboxylic acids is 1. The van der Waals surface area contributed by atoms with E-state index >= 15 is 0 Å². The number of nitro groups is 2. The van der Waals surface area contributed by atoms with Crippen LogP contribution in [-0.4, -0.2) is 21.4 Å². The van der Waals surface area contributed by atoms with Gasteiger partial charge in [-0.3, -0.25) is 20.2 Å². The Bertz CT molecular complexity index is 388. The van der Waals surface area contributed by atoms with Gasteiger partial charge >= 0.3 is 29.6 Å². The Hall–Kier alpha value is -1.25. The van der Waals surface area contributed by atoms with Gasteiger partial charge < -0.3 is 9.90 Å². The first-order valence-electron chi connectivity index (χ1n) is 3.79. The first-order valence-corrected chi connectivity index (χ1v) is 3.79. The molecule has 0 aliphatic heterocycles. The fraction of sp³-hybridized carbons (Fsp3) is 0.286. The molecule has 80 valence electrons. The van der Waals surface area contributed by atoms with Crippen LogP contribution in [0.5, 0.6) is 0 Å². The van der Waals surface area contributed by atoms with Gasteiger partial charge in [-0.05, 0) is 6.08 Å². The Morgan fingerprint density at radius 1 is 1.38 bits per heavy atom. The molecule has 1 aliphatic rings. The van der Waals surface area contributed by atoms with Crippen molar-refractivity contribution in [1.82, 2.24) is 0 Å². The van der Waals surface area contributed by atoms with Gasteiger partial charge in [-0.15, -0.1) is 0 Å². The molecule has 8 nitrogen and oxygen atoms in total. The van der Waals surface area contributed by atoms with Gasteiger partial charge in [-0.1, -0.05) is 6.08 Å². The van der Waals surface area contributed by atoms with E-state index in [9.17, 15) is 30.1 Å². The van der Waals surface area contributed by atoms with Gasteiger partial charge in [-0.25, -0.2) is 0 Å². The average molecular weight is 236 g/mol. The topological polar surface area (TPSA) is 126 Å². The molecule has 9 heteroatoms. The summed E-state index contributed by atoms with van der Waals surface area (Å²) in [6.07, 6.45) is 1.95. The zero-order chi connectivity index (χ0) is 11.6. The summed E-state index contributed by atoms with van der Waals surface area (Å²) in [6, 6.07) is 0. The number of carbonyl (C=O) groups excluding carboxylic acids is 1. The third kappa shape index (κ3) is 2.46. The molecule has 0 spiro atoms. The second kappa shape index (κ2) is 5.19. The molecule has 0 bridgehead atoms. The summed E-state index contributed by atoms with van der Waals surface area (Å²) in [4.78, 5) is 29.6. The molecule has 0 saturated carbocycles. The molecule has 0 radical (unpaired) electrons. The minimum atomic E-state index is -2.53. The number of carboxylic acid groups (broad SMARTS) is 1. The van der Waals surface area contributed by atoms with Gasteiger partial charge in [0, 0.05) is 11.0 Å². The number of hydrogen-bond donors (Lipinski definition) is 0. The fourth-order valence-corrected chi connectivity index (χ4v) is 1.18. The molecule has 16 heavy (non-hydrogen) atoms. The number of carbonyl (C=O) groups is 1. The molecule has 0 aromatic rings. The van der Waals surface area contributed by atoms with Crippen LogP contribution in [0.2, 0.25) is 0 Å². The fourth-order valence-electron chi connectivity index (χ4n) is 1.18. The van der Waals surface area contributed by atoms with E-state index < -0.39 is 33.5 Å². The Balaban J connectivity index is 0.00000225. The predicted molar refractivity (Wildman–Crippen MR) is 43.6 cm³/mol. The minimum absolute atomic E-state index is 0. The molecule has 0 amide bonds. The molecule has 0 heterocycles. The van der Waals surface area contributed by atoms with E-state index in [2.05, 4.69) is 0 Å². The summed E-state index contributed by atoms with van der Waals surface area (Å²) in [7, 11) is 0. The van der Waals surface area contributed by atoms with Crippen molar-refractivity contribution in [2.24, 2.45) is 0 Å². The minimum Gasteiger partial charge on any atom is -0.543 e. The van der Waals surface area contributed by atoms with E-state index in [1.165, 1.54) is 0 Å². The second-order valence-corrected chi connectivity index (χ2v) is 2.92. The maximum Gasteiger partial charge on any atom is 1.00 e. The normalized spacial score (nSPS) is 22.9. The molecule has 1 atom stereocenters. The van der Waals surface area contributed by atoms with Crippen LogP contribution in [0.3, 0.4) is 0 Å². The van der Waals surface area contributed by atoms with Crippen molar-refractivity contribution < 1.29 is 49.3 Å². The second-order valence-electron chi connectivity index (χ2n) is 2.92. The van der Waals surface area contributed by atoms with E-state index in [0.717, 1.165) is 18.2 Å². The van der Waals surface area contributed by atoms with E-state index in [-0.39, 0.29) is 29.6 Å². The SMILES string of the molecule is O=C([O-])C1([N+](=O)[O-])C=CC=C([N+](=O)[O-])C1.[Na+]. The zero-order valence-corrected chi connectivity index (χ0v) is 10.3. The van der Waals surface area contributed by atoms with Gasteiger partial charge in [0.2, 0.25) is 0 Å². The summed E-state index contributed by atoms with van der Waals surface area (Å²) >= 11 is 0. The van der Waals surface area contributed by atoms with Gasteiger partial charge in [-0.2, -0.15) is 0 Å². The van der Waals surface area contributed by atoms with Crippen molar-refractivity contribution in [3.63, 3.8) is 0 Å². The first-order chi connectivity index (χ1) is 6.90. The van der Waals surface area contributed by atoms with Gasteiger partial charge in [0.05, 0.1) is 4.92 Å². The van der Waals surface area contributed by atoms with Crippen molar-refractivity contribution in [2.45, 2.75) is 12.0 Å². The summed E-state index contributed by atoms with van der Waals surface area (Å²) in [5.74, 6) is -1.96. The zero-order valence-electron chi connectivity index (χ0n) is 8.28. The molecular formula is C7H5N2NaO6. The molecule has 1 rings (SSSR count). The summed E-state index contributed by atoms with van der Waals surface area (Å²) in [6.45, 7) is 0. The van der Waals surface area contributed by atoms with Crippen LogP contribution < -0.4 is 34.7 Å². The van der Waals surface area contributed by atoms with Crippen molar-refractivity contribution in [3.05, 3.63) is 44.2 Å². The smallest absolute Gasteiger partial charge is 0.543 e. The Kier molecular flexibility index (Phi) is 4.79. The number of rotatable bonds is 3. The van der Waals surface area contributed by atoms with Crippen LogP contribution >= 0.6 is 0 Å². The van der Waals surface area contributed by atoms with Gasteiger partial charge in [0.15, 0.2) is 0 Å². The van der Waals surface area contributed by atoms with Crippen LogP contribution in [0, 0.1) is 20.2 Å². The molecular weight excluding hydrogens is 231 g/mol. The number of allylic oxidation sites excluding steroid dienone is 2. The Labute approximate surface area is 111 Å². The maximum atomic E-state index is 10.6. The molecule has 1 aliphatic carbocycles. The summed E-state index contributed by atoms with van der Waals surface area (Å²) in [5.41, 5.74) is -3.06. The summed E-state index contributed by atoms with van der Waals surface area (Å²) in [5, 5.41) is 31.6. The number of hydrogen-bond acceptors (Lipinski definition) is 6. The third-order valence-electron chi connectivity index (χ3n) is 2.02. The molecule has 1 unspecified atom stereocenters.